The molecule has 0 saturated heterocycles. The second kappa shape index (κ2) is 11.3. The lowest BCUT2D eigenvalue weighted by Crippen LogP contribution is -2.25. The van der Waals surface area contributed by atoms with Crippen molar-refractivity contribution in [3.63, 3.8) is 0 Å². The number of hydrogen-bond acceptors (Lipinski definition) is 1. The Morgan fingerprint density at radius 3 is 2.30 bits per heavy atom. The van der Waals surface area contributed by atoms with Crippen LogP contribution in [0.5, 0.6) is 5.75 Å². The molecule has 178 valence electrons. The molecule has 0 heterocycles. The van der Waals surface area contributed by atoms with Crippen LogP contribution in [0.1, 0.15) is 82.6 Å². The van der Waals surface area contributed by atoms with Gasteiger partial charge in [0.2, 0.25) is 5.82 Å². The van der Waals surface area contributed by atoms with Gasteiger partial charge >= 0.3 is 0 Å². The van der Waals surface area contributed by atoms with Crippen LogP contribution in [0.4, 0.5) is 8.78 Å². The van der Waals surface area contributed by atoms with Crippen molar-refractivity contribution < 1.29 is 13.5 Å². The number of allylic oxidation sites excluding steroid dienone is 2. The first-order valence-corrected chi connectivity index (χ1v) is 12.9. The zero-order valence-corrected chi connectivity index (χ0v) is 20.0. The monoisotopic (exact) mass is 452 g/mol. The first kappa shape index (κ1) is 24.0. The minimum Gasteiger partial charge on any atom is -0.486 e. The van der Waals surface area contributed by atoms with E-state index < -0.39 is 11.6 Å². The van der Waals surface area contributed by atoms with Crippen molar-refractivity contribution in [1.29, 1.82) is 0 Å². The molecule has 0 N–H and O–H groups in total. The minimum absolute atomic E-state index is 0.0521. The molecule has 33 heavy (non-hydrogen) atoms. The third-order valence-corrected chi connectivity index (χ3v) is 7.96. The lowest BCUT2D eigenvalue weighted by molar-refractivity contribution is 0.171. The van der Waals surface area contributed by atoms with Crippen LogP contribution in [0.3, 0.4) is 0 Å². The van der Waals surface area contributed by atoms with Crippen molar-refractivity contribution in [1.82, 2.24) is 0 Å². The highest BCUT2D eigenvalue weighted by Gasteiger charge is 2.31. The number of rotatable bonds is 8. The lowest BCUT2D eigenvalue weighted by Gasteiger charge is -2.37. The summed E-state index contributed by atoms with van der Waals surface area (Å²) < 4.78 is 34.5. The van der Waals surface area contributed by atoms with Crippen LogP contribution in [-0.4, -0.2) is 6.61 Å². The van der Waals surface area contributed by atoms with E-state index in [-0.39, 0.29) is 12.4 Å². The smallest absolute Gasteiger partial charge is 0.201 e. The molecule has 2 fully saturated rings. The Morgan fingerprint density at radius 1 is 0.939 bits per heavy atom. The van der Waals surface area contributed by atoms with E-state index in [1.165, 1.54) is 57.4 Å². The maximum atomic E-state index is 14.8. The second-order valence-electron chi connectivity index (χ2n) is 10.1. The van der Waals surface area contributed by atoms with Crippen LogP contribution >= 0.6 is 0 Å². The summed E-state index contributed by atoms with van der Waals surface area (Å²) in [5.74, 6) is 1.17. The Labute approximate surface area is 197 Å². The zero-order chi connectivity index (χ0) is 23.2. The van der Waals surface area contributed by atoms with Crippen LogP contribution in [-0.2, 0) is 0 Å². The molecule has 0 unspecified atom stereocenters. The van der Waals surface area contributed by atoms with Gasteiger partial charge in [0.15, 0.2) is 11.6 Å². The van der Waals surface area contributed by atoms with Crippen molar-refractivity contribution in [3.05, 3.63) is 66.3 Å². The van der Waals surface area contributed by atoms with Crippen LogP contribution in [0, 0.1) is 29.4 Å². The minimum atomic E-state index is -0.912. The summed E-state index contributed by atoms with van der Waals surface area (Å²) in [6.07, 6.45) is 19.1. The molecule has 2 aromatic carbocycles. The normalized spacial score (nSPS) is 26.0. The van der Waals surface area contributed by atoms with Gasteiger partial charge in [-0.25, -0.2) is 4.39 Å². The summed E-state index contributed by atoms with van der Waals surface area (Å²) in [4.78, 5) is 0. The van der Waals surface area contributed by atoms with Gasteiger partial charge in [-0.15, -0.1) is 0 Å². The molecule has 4 rings (SSSR count). The number of fused-ring (bicyclic) bond motifs is 1. The maximum Gasteiger partial charge on any atom is 0.201 e. The molecule has 2 saturated carbocycles. The molecule has 2 aromatic rings. The van der Waals surface area contributed by atoms with E-state index in [0.717, 1.165) is 36.2 Å². The molecule has 3 heteroatoms. The Bertz CT molecular complexity index is 963. The highest BCUT2D eigenvalue weighted by atomic mass is 19.2. The fraction of sp³-hybridized carbons (Fsp3) is 0.533. The van der Waals surface area contributed by atoms with Gasteiger partial charge in [0, 0.05) is 5.39 Å². The predicted molar refractivity (Wildman–Crippen MR) is 134 cm³/mol. The van der Waals surface area contributed by atoms with Crippen molar-refractivity contribution in [2.45, 2.75) is 77.0 Å². The van der Waals surface area contributed by atoms with Crippen LogP contribution in [0.2, 0.25) is 0 Å². The number of halogens is 2. The van der Waals surface area contributed by atoms with E-state index in [1.54, 1.807) is 6.07 Å². The summed E-state index contributed by atoms with van der Waals surface area (Å²) >= 11 is 0. The Hall–Kier alpha value is -2.16. The first-order valence-electron chi connectivity index (χ1n) is 12.9. The quantitative estimate of drug-likeness (QED) is 0.363. The summed E-state index contributed by atoms with van der Waals surface area (Å²) in [6, 6.07) is 7.46. The molecule has 1 nitrogen and oxygen atoms in total. The molecule has 2 aliphatic carbocycles. The van der Waals surface area contributed by atoms with Crippen molar-refractivity contribution in [2.24, 2.45) is 17.8 Å². The van der Waals surface area contributed by atoms with Gasteiger partial charge in [-0.2, -0.15) is 4.39 Å². The fourth-order valence-electron chi connectivity index (χ4n) is 6.02. The van der Waals surface area contributed by atoms with Gasteiger partial charge in [0.1, 0.15) is 6.61 Å². The van der Waals surface area contributed by atoms with Crippen LogP contribution < -0.4 is 4.74 Å². The summed E-state index contributed by atoms with van der Waals surface area (Å²) in [5, 5.41) is 1.03. The fourth-order valence-corrected chi connectivity index (χ4v) is 6.02. The van der Waals surface area contributed by atoms with Gasteiger partial charge in [-0.3, -0.25) is 0 Å². The predicted octanol–water partition coefficient (Wildman–Crippen LogP) is 9.12. The van der Waals surface area contributed by atoms with Crippen LogP contribution in [0.15, 0.2) is 49.1 Å². The lowest BCUT2D eigenvalue weighted by atomic mass is 9.68. The molecular formula is C30H38F2O. The third-order valence-electron chi connectivity index (χ3n) is 7.96. The summed E-state index contributed by atoms with van der Waals surface area (Å²) in [6.45, 7) is 5.95. The number of benzene rings is 2. The topological polar surface area (TPSA) is 9.23 Å². The van der Waals surface area contributed by atoms with Crippen molar-refractivity contribution >= 4 is 10.8 Å². The molecular weight excluding hydrogens is 414 g/mol. The second-order valence-corrected chi connectivity index (χ2v) is 10.1. The Kier molecular flexibility index (Phi) is 8.22. The molecule has 0 amide bonds. The van der Waals surface area contributed by atoms with Crippen molar-refractivity contribution in [2.75, 3.05) is 6.61 Å². The average molecular weight is 453 g/mol. The molecule has 0 aliphatic heterocycles. The first-order chi connectivity index (χ1) is 16.1. The van der Waals surface area contributed by atoms with Gasteiger partial charge < -0.3 is 4.74 Å². The van der Waals surface area contributed by atoms with E-state index in [9.17, 15) is 8.78 Å². The van der Waals surface area contributed by atoms with Gasteiger partial charge in [-0.05, 0) is 105 Å². The SMILES string of the molecule is C=CCOc1cc2ccc(C3CCC(C4CCC(/C=C/CCC)CC4)CC3)cc2c(F)c1F. The zero-order valence-electron chi connectivity index (χ0n) is 20.0. The molecule has 0 atom stereocenters. The molecule has 0 aromatic heterocycles. The Balaban J connectivity index is 1.36. The van der Waals surface area contributed by atoms with E-state index in [2.05, 4.69) is 31.7 Å². The summed E-state index contributed by atoms with van der Waals surface area (Å²) in [5.41, 5.74) is 1.14. The standard InChI is InChI=1S/C30H38F2O/c1-3-5-6-7-21-8-10-22(11-9-21)23-12-14-24(15-13-23)25-16-17-26-20-28(33-18-4-2)30(32)29(31)27(26)19-25/h4,6-7,16-17,19-24H,2-3,5,8-15,18H2,1H3/b7-6+. The number of unbranched alkanes of at least 4 members (excludes halogenated alkanes) is 1. The largest absolute Gasteiger partial charge is 0.486 e. The highest BCUT2D eigenvalue weighted by molar-refractivity contribution is 5.85. The van der Waals surface area contributed by atoms with E-state index in [1.807, 2.05) is 12.1 Å². The Morgan fingerprint density at radius 2 is 1.64 bits per heavy atom. The highest BCUT2D eigenvalue weighted by Crippen LogP contribution is 2.44. The molecule has 0 bridgehead atoms. The van der Waals surface area contributed by atoms with E-state index >= 15 is 0 Å². The summed E-state index contributed by atoms with van der Waals surface area (Å²) in [7, 11) is 0. The van der Waals surface area contributed by atoms with Crippen molar-refractivity contribution in [3.8, 4) is 5.75 Å². The van der Waals surface area contributed by atoms with E-state index in [0.29, 0.717) is 16.7 Å². The molecule has 0 radical (unpaired) electrons. The molecule has 2 aliphatic rings. The van der Waals surface area contributed by atoms with Gasteiger partial charge in [0.05, 0.1) is 0 Å². The van der Waals surface area contributed by atoms with Gasteiger partial charge in [0.25, 0.3) is 0 Å². The van der Waals surface area contributed by atoms with Gasteiger partial charge in [-0.1, -0.05) is 50.3 Å². The average Bonchev–Trinajstić information content (AvgIpc) is 2.86. The number of ether oxygens (including phenoxy) is 1. The third kappa shape index (κ3) is 5.67. The maximum absolute atomic E-state index is 14.8. The van der Waals surface area contributed by atoms with E-state index in [4.69, 9.17) is 4.74 Å². The number of hydrogen-bond donors (Lipinski definition) is 0. The van der Waals surface area contributed by atoms with Crippen LogP contribution in [0.25, 0.3) is 10.8 Å². The molecule has 0 spiro atoms.